The second kappa shape index (κ2) is 7.49. The smallest absolute Gasteiger partial charge is 0.327 e. The number of carboxylic acid groups (broad SMARTS) is 1. The van der Waals surface area contributed by atoms with Crippen molar-refractivity contribution in [2.45, 2.75) is 79.9 Å². The molecule has 2 aliphatic heterocycles. The van der Waals surface area contributed by atoms with Gasteiger partial charge in [-0.1, -0.05) is 19.3 Å². The number of hydrogen-bond donors (Lipinski definition) is 3. The molecule has 4 rings (SSSR count). The van der Waals surface area contributed by atoms with Gasteiger partial charge in [-0.25, -0.2) is 9.18 Å². The number of carbonyl (C=O) groups is 3. The van der Waals surface area contributed by atoms with Crippen LogP contribution in [0.15, 0.2) is 12.1 Å². The van der Waals surface area contributed by atoms with E-state index in [-0.39, 0.29) is 0 Å². The predicted octanol–water partition coefficient (Wildman–Crippen LogP) is 2.72. The largest absolute Gasteiger partial charge is 0.480 e. The van der Waals surface area contributed by atoms with E-state index in [9.17, 15) is 19.5 Å². The molecule has 1 aromatic heterocycles. The Hall–Kier alpha value is -1.65. The number of nitrogens with zero attached hydrogens (tertiary/aromatic N) is 1. The van der Waals surface area contributed by atoms with Crippen LogP contribution in [0.25, 0.3) is 0 Å². The number of hydrogen-bond acceptors (Lipinski definition) is 6. The van der Waals surface area contributed by atoms with Crippen LogP contribution in [-0.4, -0.2) is 49.7 Å². The third-order valence-electron chi connectivity index (χ3n) is 6.27. The quantitative estimate of drug-likeness (QED) is 0.465. The highest BCUT2D eigenvalue weighted by Gasteiger charge is 2.73. The molecule has 2 amide bonds. The number of amides is 2. The highest BCUT2D eigenvalue weighted by atomic mass is 32.2. The maximum absolute atomic E-state index is 15.5. The molecule has 10 heteroatoms. The number of nitrogens with two attached hydrogens (primary N) is 1. The first-order valence-electron chi connectivity index (χ1n) is 10.2. The van der Waals surface area contributed by atoms with Crippen molar-refractivity contribution in [3.05, 3.63) is 21.9 Å². The van der Waals surface area contributed by atoms with Crippen LogP contribution < -0.4 is 11.1 Å². The molecule has 30 heavy (non-hydrogen) atoms. The summed E-state index contributed by atoms with van der Waals surface area (Å²) >= 11 is 2.50. The molecule has 0 radical (unpaired) electrons. The number of aliphatic carboxylic acids is 1. The summed E-state index contributed by atoms with van der Waals surface area (Å²) in [5, 5.41) is 10.5. The van der Waals surface area contributed by atoms with Crippen LogP contribution in [0.5, 0.6) is 0 Å². The van der Waals surface area contributed by atoms with Crippen molar-refractivity contribution in [1.29, 1.82) is 0 Å². The fraction of sp³-hybridized carbons (Fsp3) is 0.650. The van der Waals surface area contributed by atoms with Crippen LogP contribution in [0, 0.1) is 0 Å². The normalized spacial score (nSPS) is 31.7. The van der Waals surface area contributed by atoms with Gasteiger partial charge in [-0.2, -0.15) is 0 Å². The summed E-state index contributed by atoms with van der Waals surface area (Å²) in [5.74, 6) is -5.17. The predicted molar refractivity (Wildman–Crippen MR) is 113 cm³/mol. The number of alkyl halides is 1. The fourth-order valence-corrected chi connectivity index (χ4v) is 7.42. The number of rotatable bonds is 5. The lowest BCUT2D eigenvalue weighted by Gasteiger charge is -2.47. The van der Waals surface area contributed by atoms with Crippen LogP contribution in [0.2, 0.25) is 0 Å². The summed E-state index contributed by atoms with van der Waals surface area (Å²) in [6, 6.07) is 1.55. The molecule has 164 valence electrons. The summed E-state index contributed by atoms with van der Waals surface area (Å²) < 4.78 is 14.6. The summed E-state index contributed by atoms with van der Waals surface area (Å²) in [6.45, 7) is 3.29. The molecule has 1 aliphatic carbocycles. The van der Waals surface area contributed by atoms with Gasteiger partial charge in [-0.05, 0) is 44.7 Å². The summed E-state index contributed by atoms with van der Waals surface area (Å²) in [4.78, 5) is 39.6. The number of β-lactam (4-membered cyclic amide) rings is 1. The van der Waals surface area contributed by atoms with Crippen LogP contribution in [0.3, 0.4) is 0 Å². The zero-order chi connectivity index (χ0) is 21.8. The number of nitrogens with one attached hydrogen (secondary N) is 1. The molecule has 1 unspecified atom stereocenters. The molecule has 7 nitrogen and oxygen atoms in total. The lowest BCUT2D eigenvalue weighted by Crippen LogP contribution is -2.77. The van der Waals surface area contributed by atoms with E-state index in [0.29, 0.717) is 10.8 Å². The Labute approximate surface area is 182 Å². The first kappa shape index (κ1) is 21.6. The van der Waals surface area contributed by atoms with E-state index in [4.69, 9.17) is 5.73 Å². The first-order valence-corrected chi connectivity index (χ1v) is 11.9. The van der Waals surface area contributed by atoms with E-state index in [2.05, 4.69) is 5.32 Å². The number of thiophene rings is 1. The Morgan fingerprint density at radius 3 is 2.60 bits per heavy atom. The average Bonchev–Trinajstić information content (AvgIpc) is 3.29. The third-order valence-corrected chi connectivity index (χ3v) is 9.21. The minimum Gasteiger partial charge on any atom is -0.480 e. The highest BCUT2D eigenvalue weighted by molar-refractivity contribution is 8.01. The molecule has 3 aliphatic rings. The molecular formula is C20H26FN3O4S2. The Morgan fingerprint density at radius 1 is 1.30 bits per heavy atom. The molecule has 1 aromatic rings. The van der Waals surface area contributed by atoms with Gasteiger partial charge in [0.25, 0.3) is 11.7 Å². The van der Waals surface area contributed by atoms with Gasteiger partial charge in [0.15, 0.2) is 0 Å². The van der Waals surface area contributed by atoms with Crippen LogP contribution in [0.4, 0.5) is 4.39 Å². The molecule has 2 saturated heterocycles. The van der Waals surface area contributed by atoms with Crippen molar-refractivity contribution in [3.63, 3.8) is 0 Å². The fourth-order valence-electron chi connectivity index (χ4n) is 4.66. The van der Waals surface area contributed by atoms with Crippen molar-refractivity contribution in [2.24, 2.45) is 5.73 Å². The zero-order valence-electron chi connectivity index (χ0n) is 16.9. The molecule has 4 N–H and O–H groups in total. The first-order chi connectivity index (χ1) is 14.1. The van der Waals surface area contributed by atoms with Gasteiger partial charge in [0.05, 0.1) is 0 Å². The van der Waals surface area contributed by atoms with Gasteiger partial charge in [0.1, 0.15) is 17.5 Å². The Morgan fingerprint density at radius 2 is 1.97 bits per heavy atom. The lowest BCUT2D eigenvalue weighted by molar-refractivity contribution is -0.182. The van der Waals surface area contributed by atoms with Crippen LogP contribution >= 0.6 is 23.1 Å². The second-order valence-electron chi connectivity index (χ2n) is 8.78. The van der Waals surface area contributed by atoms with E-state index < -0.39 is 45.8 Å². The van der Waals surface area contributed by atoms with E-state index in [1.165, 1.54) is 35.5 Å². The average molecular weight is 456 g/mol. The lowest BCUT2D eigenvalue weighted by atomic mass is 9.88. The van der Waals surface area contributed by atoms with Crippen molar-refractivity contribution < 1.29 is 23.9 Å². The number of carboxylic acids is 1. The van der Waals surface area contributed by atoms with Crippen molar-refractivity contribution >= 4 is 40.9 Å². The summed E-state index contributed by atoms with van der Waals surface area (Å²) in [7, 11) is 0. The molecule has 3 fully saturated rings. The van der Waals surface area contributed by atoms with Crippen molar-refractivity contribution in [3.8, 4) is 0 Å². The molecule has 3 heterocycles. The number of carbonyl (C=O) groups excluding carboxylic acids is 2. The van der Waals surface area contributed by atoms with Gasteiger partial charge < -0.3 is 21.1 Å². The number of halogens is 1. The molecule has 0 aromatic carbocycles. The Kier molecular flexibility index (Phi) is 5.39. The van der Waals surface area contributed by atoms with Crippen molar-refractivity contribution in [1.82, 2.24) is 10.2 Å². The minimum atomic E-state index is -2.65. The van der Waals surface area contributed by atoms with Gasteiger partial charge in [-0.3, -0.25) is 9.59 Å². The minimum absolute atomic E-state index is 0.479. The standard InChI is InChI=1S/C20H26FN3O4S2/c1-19(2)14(16(26)27)24-17(28)20(21,18(24)30-19)23-15(25)13(22)12-9-8-11(29-12)10-6-4-3-5-7-10/h8-10,13-14,18H,3-7,22H2,1-2H3,(H,23,25)(H,26,27)/t13?,14-,18+,20-/m0/s1. The molecule has 0 spiro atoms. The van der Waals surface area contributed by atoms with E-state index in [1.807, 2.05) is 6.07 Å². The highest BCUT2D eigenvalue weighted by Crippen LogP contribution is 2.55. The summed E-state index contributed by atoms with van der Waals surface area (Å²) in [5.41, 5.74) is 6.08. The molecular weight excluding hydrogens is 429 g/mol. The Bertz CT molecular complexity index is 885. The van der Waals surface area contributed by atoms with Gasteiger partial charge in [0, 0.05) is 14.5 Å². The van der Waals surface area contributed by atoms with Gasteiger partial charge in [-0.15, -0.1) is 23.1 Å². The Balaban J connectivity index is 1.46. The van der Waals surface area contributed by atoms with Gasteiger partial charge in [0.2, 0.25) is 5.91 Å². The molecule has 1 saturated carbocycles. The van der Waals surface area contributed by atoms with Crippen LogP contribution in [0.1, 0.15) is 67.7 Å². The van der Waals surface area contributed by atoms with Crippen LogP contribution in [-0.2, 0) is 14.4 Å². The SMILES string of the molecule is CC1(C)S[C@H]2N(C(=O)[C@]2(F)NC(=O)C(N)c2ccc(C3CCCCC3)s2)[C@H]1C(=O)O. The summed E-state index contributed by atoms with van der Waals surface area (Å²) in [6.07, 6.45) is 5.89. The van der Waals surface area contributed by atoms with E-state index in [1.54, 1.807) is 19.9 Å². The second-order valence-corrected chi connectivity index (χ2v) is 11.7. The van der Waals surface area contributed by atoms with E-state index in [0.717, 1.165) is 29.5 Å². The third kappa shape index (κ3) is 3.33. The number of thioether (sulfide) groups is 1. The van der Waals surface area contributed by atoms with Crippen molar-refractivity contribution in [2.75, 3.05) is 0 Å². The zero-order valence-corrected chi connectivity index (χ0v) is 18.5. The molecule has 0 bridgehead atoms. The molecule has 4 atom stereocenters. The number of fused-ring (bicyclic) bond motifs is 1. The monoisotopic (exact) mass is 455 g/mol. The topological polar surface area (TPSA) is 113 Å². The maximum atomic E-state index is 15.5. The van der Waals surface area contributed by atoms with E-state index >= 15 is 4.39 Å². The maximum Gasteiger partial charge on any atom is 0.327 e. The van der Waals surface area contributed by atoms with Gasteiger partial charge >= 0.3 is 5.97 Å².